The van der Waals surface area contributed by atoms with Gasteiger partial charge in [0.25, 0.3) is 0 Å². The highest BCUT2D eigenvalue weighted by molar-refractivity contribution is 8.00. The van der Waals surface area contributed by atoms with Crippen LogP contribution in [0.25, 0.3) is 11.1 Å². The van der Waals surface area contributed by atoms with Gasteiger partial charge in [-0.05, 0) is 35.4 Å². The van der Waals surface area contributed by atoms with Crippen LogP contribution in [-0.4, -0.2) is 16.8 Å². The van der Waals surface area contributed by atoms with Crippen molar-refractivity contribution in [1.29, 1.82) is 0 Å². The standard InChI is InChI=1S/C14H11FO2S/c15-12-3-1-2-11(8-12)10-4-6-13(7-5-10)18-9-14(16)17/h1-8H,9H2,(H,16,17). The van der Waals surface area contributed by atoms with E-state index in [0.29, 0.717) is 0 Å². The minimum atomic E-state index is -0.839. The molecule has 18 heavy (non-hydrogen) atoms. The highest BCUT2D eigenvalue weighted by Gasteiger charge is 2.02. The van der Waals surface area contributed by atoms with E-state index in [0.717, 1.165) is 16.0 Å². The largest absolute Gasteiger partial charge is 0.481 e. The van der Waals surface area contributed by atoms with Crippen LogP contribution in [0.2, 0.25) is 0 Å². The number of hydrogen-bond donors (Lipinski definition) is 1. The van der Waals surface area contributed by atoms with Crippen LogP contribution in [0.4, 0.5) is 4.39 Å². The van der Waals surface area contributed by atoms with Crippen LogP contribution in [-0.2, 0) is 4.79 Å². The molecule has 0 unspecified atom stereocenters. The third kappa shape index (κ3) is 3.34. The molecular formula is C14H11FO2S. The van der Waals surface area contributed by atoms with Crippen LogP contribution in [0.1, 0.15) is 0 Å². The fraction of sp³-hybridized carbons (Fsp3) is 0.0714. The number of halogens is 1. The molecule has 0 saturated carbocycles. The second kappa shape index (κ2) is 5.69. The van der Waals surface area contributed by atoms with Crippen molar-refractivity contribution in [2.45, 2.75) is 4.90 Å². The third-order valence-electron chi connectivity index (χ3n) is 2.37. The number of carbonyl (C=O) groups is 1. The monoisotopic (exact) mass is 262 g/mol. The lowest BCUT2D eigenvalue weighted by Crippen LogP contribution is -1.97. The van der Waals surface area contributed by atoms with Gasteiger partial charge in [0.15, 0.2) is 0 Å². The number of hydrogen-bond acceptors (Lipinski definition) is 2. The predicted octanol–water partition coefficient (Wildman–Crippen LogP) is 3.67. The van der Waals surface area contributed by atoms with Gasteiger partial charge in [-0.15, -0.1) is 11.8 Å². The number of rotatable bonds is 4. The molecule has 0 spiro atoms. The number of aliphatic carboxylic acids is 1. The van der Waals surface area contributed by atoms with E-state index in [1.807, 2.05) is 30.3 Å². The maximum atomic E-state index is 13.1. The first-order valence-electron chi connectivity index (χ1n) is 5.36. The van der Waals surface area contributed by atoms with Crippen molar-refractivity contribution in [3.05, 3.63) is 54.3 Å². The van der Waals surface area contributed by atoms with Crippen molar-refractivity contribution in [3.63, 3.8) is 0 Å². The summed E-state index contributed by atoms with van der Waals surface area (Å²) >= 11 is 1.26. The summed E-state index contributed by atoms with van der Waals surface area (Å²) in [5.41, 5.74) is 1.72. The summed E-state index contributed by atoms with van der Waals surface area (Å²) in [5, 5.41) is 8.58. The van der Waals surface area contributed by atoms with Gasteiger partial charge in [-0.1, -0.05) is 24.3 Å². The molecule has 2 aromatic carbocycles. The minimum Gasteiger partial charge on any atom is -0.481 e. The summed E-state index contributed by atoms with van der Waals surface area (Å²) in [6.07, 6.45) is 0. The fourth-order valence-electron chi connectivity index (χ4n) is 1.56. The zero-order valence-electron chi connectivity index (χ0n) is 9.47. The summed E-state index contributed by atoms with van der Waals surface area (Å²) in [6.45, 7) is 0. The third-order valence-corrected chi connectivity index (χ3v) is 3.37. The molecule has 0 aliphatic heterocycles. The summed E-state index contributed by atoms with van der Waals surface area (Å²) in [5.74, 6) is -1.06. The highest BCUT2D eigenvalue weighted by atomic mass is 32.2. The van der Waals surface area contributed by atoms with Gasteiger partial charge >= 0.3 is 5.97 Å². The van der Waals surface area contributed by atoms with E-state index < -0.39 is 5.97 Å². The number of thioether (sulfide) groups is 1. The first-order valence-corrected chi connectivity index (χ1v) is 6.34. The van der Waals surface area contributed by atoms with E-state index in [-0.39, 0.29) is 11.6 Å². The van der Waals surface area contributed by atoms with Gasteiger partial charge in [-0.3, -0.25) is 4.79 Å². The minimum absolute atomic E-state index is 0.0410. The van der Waals surface area contributed by atoms with Crippen LogP contribution in [0.5, 0.6) is 0 Å². The Morgan fingerprint density at radius 2 is 1.83 bits per heavy atom. The van der Waals surface area contributed by atoms with Gasteiger partial charge in [0.05, 0.1) is 5.75 Å². The lowest BCUT2D eigenvalue weighted by atomic mass is 10.1. The fourth-order valence-corrected chi connectivity index (χ4v) is 2.18. The molecule has 0 bridgehead atoms. The average Bonchev–Trinajstić information content (AvgIpc) is 2.37. The molecule has 0 radical (unpaired) electrons. The molecule has 1 N–H and O–H groups in total. The highest BCUT2D eigenvalue weighted by Crippen LogP contribution is 2.24. The molecule has 2 aromatic rings. The van der Waals surface area contributed by atoms with E-state index in [4.69, 9.17) is 5.11 Å². The smallest absolute Gasteiger partial charge is 0.313 e. The first-order chi connectivity index (χ1) is 8.65. The maximum absolute atomic E-state index is 13.1. The lowest BCUT2D eigenvalue weighted by molar-refractivity contribution is -0.133. The summed E-state index contributed by atoms with van der Waals surface area (Å²) in [7, 11) is 0. The van der Waals surface area contributed by atoms with Gasteiger partial charge in [-0.2, -0.15) is 0 Å². The zero-order chi connectivity index (χ0) is 13.0. The predicted molar refractivity (Wildman–Crippen MR) is 70.2 cm³/mol. The molecule has 0 atom stereocenters. The summed E-state index contributed by atoms with van der Waals surface area (Å²) < 4.78 is 13.1. The molecule has 0 aliphatic rings. The van der Waals surface area contributed by atoms with Crippen LogP contribution in [0.3, 0.4) is 0 Å². The van der Waals surface area contributed by atoms with E-state index in [1.54, 1.807) is 6.07 Å². The van der Waals surface area contributed by atoms with E-state index in [2.05, 4.69) is 0 Å². The van der Waals surface area contributed by atoms with Gasteiger partial charge < -0.3 is 5.11 Å². The normalized spacial score (nSPS) is 10.3. The topological polar surface area (TPSA) is 37.3 Å². The Bertz CT molecular complexity index is 552. The number of benzene rings is 2. The Morgan fingerprint density at radius 1 is 1.11 bits per heavy atom. The first kappa shape index (κ1) is 12.6. The Labute approximate surface area is 108 Å². The molecule has 92 valence electrons. The molecule has 0 aromatic heterocycles. The van der Waals surface area contributed by atoms with Crippen molar-refractivity contribution in [1.82, 2.24) is 0 Å². The lowest BCUT2D eigenvalue weighted by Gasteiger charge is -2.03. The molecule has 0 fully saturated rings. The second-order valence-corrected chi connectivity index (χ2v) is 4.77. The molecule has 0 amide bonds. The van der Waals surface area contributed by atoms with Crippen molar-refractivity contribution in [2.24, 2.45) is 0 Å². The Balaban J connectivity index is 2.14. The van der Waals surface area contributed by atoms with Crippen LogP contribution in [0, 0.1) is 5.82 Å². The molecule has 2 rings (SSSR count). The Morgan fingerprint density at radius 3 is 2.44 bits per heavy atom. The SMILES string of the molecule is O=C(O)CSc1ccc(-c2cccc(F)c2)cc1. The zero-order valence-corrected chi connectivity index (χ0v) is 10.3. The van der Waals surface area contributed by atoms with Gasteiger partial charge in [-0.25, -0.2) is 4.39 Å². The Kier molecular flexibility index (Phi) is 3.99. The van der Waals surface area contributed by atoms with Crippen LogP contribution < -0.4 is 0 Å². The van der Waals surface area contributed by atoms with Crippen LogP contribution in [0.15, 0.2) is 53.4 Å². The summed E-state index contributed by atoms with van der Waals surface area (Å²) in [4.78, 5) is 11.3. The van der Waals surface area contributed by atoms with Crippen LogP contribution >= 0.6 is 11.8 Å². The van der Waals surface area contributed by atoms with Crippen molar-refractivity contribution in [2.75, 3.05) is 5.75 Å². The van der Waals surface area contributed by atoms with Crippen molar-refractivity contribution >= 4 is 17.7 Å². The molecule has 4 heteroatoms. The second-order valence-electron chi connectivity index (χ2n) is 3.72. The van der Waals surface area contributed by atoms with Crippen molar-refractivity contribution in [3.8, 4) is 11.1 Å². The van der Waals surface area contributed by atoms with E-state index >= 15 is 0 Å². The van der Waals surface area contributed by atoms with E-state index in [9.17, 15) is 9.18 Å². The van der Waals surface area contributed by atoms with Gasteiger partial charge in [0, 0.05) is 4.90 Å². The van der Waals surface area contributed by atoms with Gasteiger partial charge in [0.1, 0.15) is 5.82 Å². The maximum Gasteiger partial charge on any atom is 0.313 e. The number of carboxylic acids is 1. The molecule has 0 aliphatic carbocycles. The average molecular weight is 262 g/mol. The molecule has 0 saturated heterocycles. The molecule has 2 nitrogen and oxygen atoms in total. The molecular weight excluding hydrogens is 251 g/mol. The van der Waals surface area contributed by atoms with Gasteiger partial charge in [0.2, 0.25) is 0 Å². The molecule has 0 heterocycles. The Hall–Kier alpha value is -1.81. The van der Waals surface area contributed by atoms with Crippen molar-refractivity contribution < 1.29 is 14.3 Å². The quantitative estimate of drug-likeness (QED) is 0.854. The summed E-state index contributed by atoms with van der Waals surface area (Å²) in [6, 6.07) is 13.8. The number of carboxylic acid groups (broad SMARTS) is 1. The van der Waals surface area contributed by atoms with E-state index in [1.165, 1.54) is 23.9 Å².